The lowest BCUT2D eigenvalue weighted by Gasteiger charge is -2.25. The molecule has 1 fully saturated rings. The van der Waals surface area contributed by atoms with Crippen LogP contribution >= 0.6 is 23.2 Å². The van der Waals surface area contributed by atoms with Crippen molar-refractivity contribution in [1.29, 1.82) is 0 Å². The Hall–Kier alpha value is -4.27. The van der Waals surface area contributed by atoms with E-state index in [4.69, 9.17) is 32.7 Å². The molecule has 0 aromatic heterocycles. The number of imide groups is 1. The molecule has 220 valence electrons. The van der Waals surface area contributed by atoms with E-state index in [2.05, 4.69) is 0 Å². The monoisotopic (exact) mass is 619 g/mol. The van der Waals surface area contributed by atoms with E-state index in [0.717, 1.165) is 10.5 Å². The zero-order valence-corrected chi connectivity index (χ0v) is 24.6. The minimum Gasteiger partial charge on any atom is -0.456 e. The number of rotatable bonds is 9. The van der Waals surface area contributed by atoms with E-state index < -0.39 is 54.0 Å². The van der Waals surface area contributed by atoms with Gasteiger partial charge < -0.3 is 9.47 Å². The highest BCUT2D eigenvalue weighted by atomic mass is 35.5. The molecule has 1 aliphatic carbocycles. The third kappa shape index (κ3) is 6.55. The SMILES string of the molecule is CC1C=CCC2C(=O)N(C(Cc3ccccc3)C(=O)OCC(=O)c3ccc(OC(=O)c4ccc(Cl)c(Cl)c4)cc3)C(=O)C12. The van der Waals surface area contributed by atoms with Crippen LogP contribution in [0.3, 0.4) is 0 Å². The molecule has 2 aliphatic rings. The number of carbonyl (C=O) groups excluding carboxylic acids is 5. The van der Waals surface area contributed by atoms with Crippen LogP contribution in [0.25, 0.3) is 0 Å². The third-order valence-electron chi connectivity index (χ3n) is 7.65. The van der Waals surface area contributed by atoms with Gasteiger partial charge in [-0.05, 0) is 60.4 Å². The molecule has 0 N–H and O–H groups in total. The molecule has 1 heterocycles. The molecule has 0 saturated carbocycles. The third-order valence-corrected chi connectivity index (χ3v) is 8.39. The van der Waals surface area contributed by atoms with Gasteiger partial charge in [-0.2, -0.15) is 0 Å². The topological polar surface area (TPSA) is 107 Å². The Labute approximate surface area is 258 Å². The number of Topliss-reactive ketones (excluding diaryl/α,β-unsaturated/α-hetero) is 1. The first-order valence-corrected chi connectivity index (χ1v) is 14.4. The largest absolute Gasteiger partial charge is 0.456 e. The number of hydrogen-bond acceptors (Lipinski definition) is 7. The molecule has 2 amide bonds. The number of amides is 2. The normalized spacial score (nSPS) is 20.0. The van der Waals surface area contributed by atoms with E-state index in [1.807, 2.05) is 25.1 Å². The fraction of sp³-hybridized carbons (Fsp3) is 0.242. The molecule has 0 radical (unpaired) electrons. The number of nitrogens with zero attached hydrogens (tertiary/aromatic N) is 1. The van der Waals surface area contributed by atoms with E-state index in [-0.39, 0.29) is 34.2 Å². The van der Waals surface area contributed by atoms with Gasteiger partial charge in [-0.3, -0.25) is 19.3 Å². The molecular formula is C33H27Cl2NO7. The number of carbonyl (C=O) groups is 5. The van der Waals surface area contributed by atoms with Crippen LogP contribution < -0.4 is 4.74 Å². The predicted molar refractivity (Wildman–Crippen MR) is 159 cm³/mol. The first kappa shape index (κ1) is 30.2. The Kier molecular flexibility index (Phi) is 9.08. The highest BCUT2D eigenvalue weighted by Crippen LogP contribution is 2.39. The lowest BCUT2D eigenvalue weighted by Crippen LogP contribution is -2.48. The van der Waals surface area contributed by atoms with Crippen LogP contribution in [-0.4, -0.2) is 47.1 Å². The molecule has 0 bridgehead atoms. The maximum atomic E-state index is 13.4. The lowest BCUT2D eigenvalue weighted by molar-refractivity contribution is -0.158. The molecule has 8 nitrogen and oxygen atoms in total. The summed E-state index contributed by atoms with van der Waals surface area (Å²) in [6.45, 7) is 1.28. The van der Waals surface area contributed by atoms with Crippen LogP contribution in [0.5, 0.6) is 5.75 Å². The summed E-state index contributed by atoms with van der Waals surface area (Å²) in [4.78, 5) is 66.5. The fourth-order valence-electron chi connectivity index (χ4n) is 5.41. The molecule has 3 aromatic carbocycles. The van der Waals surface area contributed by atoms with E-state index >= 15 is 0 Å². The summed E-state index contributed by atoms with van der Waals surface area (Å²) in [5.74, 6) is -3.83. The molecule has 4 unspecified atom stereocenters. The van der Waals surface area contributed by atoms with Crippen molar-refractivity contribution in [2.45, 2.75) is 25.8 Å². The van der Waals surface area contributed by atoms with Crippen LogP contribution in [-0.2, 0) is 25.5 Å². The quantitative estimate of drug-likeness (QED) is 0.0987. The maximum absolute atomic E-state index is 13.4. The molecule has 1 aliphatic heterocycles. The maximum Gasteiger partial charge on any atom is 0.343 e. The number of allylic oxidation sites excluding steroid dienone is 2. The number of fused-ring (bicyclic) bond motifs is 1. The molecule has 43 heavy (non-hydrogen) atoms. The zero-order chi connectivity index (χ0) is 30.7. The minimum absolute atomic E-state index is 0.0610. The van der Waals surface area contributed by atoms with Crippen molar-refractivity contribution >= 4 is 52.7 Å². The zero-order valence-electron chi connectivity index (χ0n) is 23.1. The lowest BCUT2D eigenvalue weighted by atomic mass is 9.78. The van der Waals surface area contributed by atoms with Gasteiger partial charge in [0.1, 0.15) is 11.8 Å². The van der Waals surface area contributed by atoms with Crippen molar-refractivity contribution < 1.29 is 33.4 Å². The van der Waals surface area contributed by atoms with Gasteiger partial charge in [0.05, 0.1) is 27.4 Å². The number of halogens is 2. The van der Waals surface area contributed by atoms with Crippen LogP contribution in [0, 0.1) is 17.8 Å². The first-order valence-electron chi connectivity index (χ1n) is 13.7. The molecule has 3 aromatic rings. The van der Waals surface area contributed by atoms with Gasteiger partial charge in [0.15, 0.2) is 12.4 Å². The summed E-state index contributed by atoms with van der Waals surface area (Å²) in [6.07, 6.45) is 4.30. The standard InChI is InChI=1S/C33H27Cl2NO7/c1-19-6-5-9-24-29(19)31(39)36(30(24)38)27(16-20-7-3-2-4-8-20)33(41)42-18-28(37)21-10-13-23(14-11-21)43-32(40)22-12-15-25(34)26(35)17-22/h2-8,10-15,17,19,24,27,29H,9,16,18H2,1H3. The second-order valence-corrected chi connectivity index (χ2v) is 11.3. The fourth-order valence-corrected chi connectivity index (χ4v) is 5.71. The number of hydrogen-bond donors (Lipinski definition) is 0. The van der Waals surface area contributed by atoms with E-state index in [1.165, 1.54) is 42.5 Å². The van der Waals surface area contributed by atoms with Crippen molar-refractivity contribution in [3.63, 3.8) is 0 Å². The van der Waals surface area contributed by atoms with Gasteiger partial charge in [0, 0.05) is 12.0 Å². The number of ketones is 1. The number of benzene rings is 3. The van der Waals surface area contributed by atoms with E-state index in [1.54, 1.807) is 24.3 Å². The van der Waals surface area contributed by atoms with Crippen LogP contribution in [0.2, 0.25) is 10.0 Å². The first-order chi connectivity index (χ1) is 20.6. The Morgan fingerprint density at radius 1 is 0.907 bits per heavy atom. The smallest absolute Gasteiger partial charge is 0.343 e. The Morgan fingerprint density at radius 2 is 1.60 bits per heavy atom. The highest BCUT2D eigenvalue weighted by Gasteiger charge is 2.53. The predicted octanol–water partition coefficient (Wildman–Crippen LogP) is 5.75. The number of esters is 2. The molecule has 4 atom stereocenters. The van der Waals surface area contributed by atoms with Crippen LogP contribution in [0.4, 0.5) is 0 Å². The molecule has 5 rings (SSSR count). The summed E-state index contributed by atoms with van der Waals surface area (Å²) < 4.78 is 10.7. The number of likely N-dealkylation sites (tertiary alicyclic amines) is 1. The van der Waals surface area contributed by atoms with Crippen LogP contribution in [0.15, 0.2) is 84.9 Å². The average molecular weight is 620 g/mol. The van der Waals surface area contributed by atoms with Gasteiger partial charge in [-0.15, -0.1) is 0 Å². The molecule has 1 saturated heterocycles. The van der Waals surface area contributed by atoms with Gasteiger partial charge in [-0.1, -0.05) is 72.6 Å². The van der Waals surface area contributed by atoms with E-state index in [9.17, 15) is 24.0 Å². The average Bonchev–Trinajstić information content (AvgIpc) is 3.26. The Bertz CT molecular complexity index is 1600. The second-order valence-electron chi connectivity index (χ2n) is 10.5. The summed E-state index contributed by atoms with van der Waals surface area (Å²) in [6, 6.07) is 17.9. The molecule has 0 spiro atoms. The van der Waals surface area contributed by atoms with Gasteiger partial charge in [-0.25, -0.2) is 9.59 Å². The minimum atomic E-state index is -1.21. The summed E-state index contributed by atoms with van der Waals surface area (Å²) in [5.41, 5.74) is 1.15. The van der Waals surface area contributed by atoms with Gasteiger partial charge >= 0.3 is 11.9 Å². The van der Waals surface area contributed by atoms with Crippen molar-refractivity contribution in [3.8, 4) is 5.75 Å². The van der Waals surface area contributed by atoms with Gasteiger partial charge in [0.2, 0.25) is 11.8 Å². The summed E-state index contributed by atoms with van der Waals surface area (Å²) >= 11 is 11.8. The second kappa shape index (κ2) is 12.9. The van der Waals surface area contributed by atoms with Crippen molar-refractivity contribution in [2.24, 2.45) is 17.8 Å². The molecular weight excluding hydrogens is 593 g/mol. The molecule has 10 heteroatoms. The Balaban J connectivity index is 1.25. The van der Waals surface area contributed by atoms with Gasteiger partial charge in [0.25, 0.3) is 0 Å². The van der Waals surface area contributed by atoms with Crippen LogP contribution in [0.1, 0.15) is 39.6 Å². The van der Waals surface area contributed by atoms with E-state index in [0.29, 0.717) is 11.4 Å². The summed E-state index contributed by atoms with van der Waals surface area (Å²) in [5, 5.41) is 0.512. The van der Waals surface area contributed by atoms with Crippen molar-refractivity contribution in [2.75, 3.05) is 6.61 Å². The Morgan fingerprint density at radius 3 is 2.28 bits per heavy atom. The van der Waals surface area contributed by atoms with Crippen molar-refractivity contribution in [1.82, 2.24) is 4.90 Å². The highest BCUT2D eigenvalue weighted by molar-refractivity contribution is 6.42. The van der Waals surface area contributed by atoms with Crippen molar-refractivity contribution in [3.05, 3.63) is 112 Å². The number of ether oxygens (including phenoxy) is 2. The summed E-state index contributed by atoms with van der Waals surface area (Å²) in [7, 11) is 0.